The van der Waals surface area contributed by atoms with E-state index in [-0.39, 0.29) is 12.0 Å². The summed E-state index contributed by atoms with van der Waals surface area (Å²) >= 11 is 0. The van der Waals surface area contributed by atoms with Crippen LogP contribution in [0.25, 0.3) is 0 Å². The molecule has 1 amide bonds. The summed E-state index contributed by atoms with van der Waals surface area (Å²) in [5.74, 6) is 0.435. The second-order valence-corrected chi connectivity index (χ2v) is 5.22. The van der Waals surface area contributed by atoms with Crippen molar-refractivity contribution < 1.29 is 14.3 Å². The summed E-state index contributed by atoms with van der Waals surface area (Å²) in [5, 5.41) is 2.78. The first-order valence-electron chi connectivity index (χ1n) is 6.98. The molecule has 20 heavy (non-hydrogen) atoms. The summed E-state index contributed by atoms with van der Waals surface area (Å²) in [4.78, 5) is 11.7. The Morgan fingerprint density at radius 2 is 2.40 bits per heavy atom. The maximum atomic E-state index is 11.7. The Bertz CT molecular complexity index is 468. The standard InChI is InChI=1S/C15H22N2O3/c1-10-5-6-13(17-15(18)11(2)16)14(8-10)20-9-12-4-3-7-19-12/h5-6,8,11-12H,3-4,7,9,16H2,1-2H3,(H,17,18)/t11-,12?/m0/s1. The van der Waals surface area contributed by atoms with Crippen LogP contribution in [-0.4, -0.2) is 31.3 Å². The van der Waals surface area contributed by atoms with Crippen molar-refractivity contribution in [1.29, 1.82) is 0 Å². The van der Waals surface area contributed by atoms with Gasteiger partial charge in [0.2, 0.25) is 5.91 Å². The van der Waals surface area contributed by atoms with Gasteiger partial charge in [0.25, 0.3) is 0 Å². The van der Waals surface area contributed by atoms with Crippen molar-refractivity contribution in [3.05, 3.63) is 23.8 Å². The Labute approximate surface area is 119 Å². The van der Waals surface area contributed by atoms with Crippen LogP contribution in [0.4, 0.5) is 5.69 Å². The molecule has 1 fully saturated rings. The zero-order valence-electron chi connectivity index (χ0n) is 12.0. The predicted molar refractivity (Wildman–Crippen MR) is 77.9 cm³/mol. The second kappa shape index (κ2) is 6.72. The molecule has 0 bridgehead atoms. The van der Waals surface area contributed by atoms with Gasteiger partial charge in [-0.3, -0.25) is 4.79 Å². The third kappa shape index (κ3) is 3.95. The molecule has 2 atom stereocenters. The van der Waals surface area contributed by atoms with E-state index in [1.54, 1.807) is 6.92 Å². The highest BCUT2D eigenvalue weighted by molar-refractivity contribution is 5.95. The number of carbonyl (C=O) groups is 1. The molecule has 3 N–H and O–H groups in total. The SMILES string of the molecule is Cc1ccc(NC(=O)[C@H](C)N)c(OCC2CCCO2)c1. The van der Waals surface area contributed by atoms with Crippen LogP contribution in [0.3, 0.4) is 0 Å². The number of nitrogens with one attached hydrogen (secondary N) is 1. The lowest BCUT2D eigenvalue weighted by Gasteiger charge is -2.16. The fraction of sp³-hybridized carbons (Fsp3) is 0.533. The molecule has 110 valence electrons. The highest BCUT2D eigenvalue weighted by Gasteiger charge is 2.17. The Balaban J connectivity index is 2.04. The van der Waals surface area contributed by atoms with Crippen LogP contribution in [-0.2, 0) is 9.53 Å². The predicted octanol–water partition coefficient (Wildman–Crippen LogP) is 1.84. The molecule has 1 aromatic carbocycles. The average molecular weight is 278 g/mol. The van der Waals surface area contributed by atoms with Crippen molar-refractivity contribution >= 4 is 11.6 Å². The molecule has 1 saturated heterocycles. The third-order valence-electron chi connectivity index (χ3n) is 3.26. The molecule has 0 aromatic heterocycles. The summed E-state index contributed by atoms with van der Waals surface area (Å²) < 4.78 is 11.3. The molecule has 0 saturated carbocycles. The number of hydrogen-bond acceptors (Lipinski definition) is 4. The minimum absolute atomic E-state index is 0.146. The quantitative estimate of drug-likeness (QED) is 0.862. The van der Waals surface area contributed by atoms with Gasteiger partial charge >= 0.3 is 0 Å². The smallest absolute Gasteiger partial charge is 0.241 e. The van der Waals surface area contributed by atoms with Gasteiger partial charge in [-0.25, -0.2) is 0 Å². The molecule has 1 aromatic rings. The van der Waals surface area contributed by atoms with Crippen molar-refractivity contribution in [2.24, 2.45) is 5.73 Å². The van der Waals surface area contributed by atoms with E-state index in [4.69, 9.17) is 15.2 Å². The number of anilines is 1. The van der Waals surface area contributed by atoms with Crippen LogP contribution in [0, 0.1) is 6.92 Å². The highest BCUT2D eigenvalue weighted by Crippen LogP contribution is 2.27. The Morgan fingerprint density at radius 1 is 1.60 bits per heavy atom. The van der Waals surface area contributed by atoms with E-state index in [1.807, 2.05) is 25.1 Å². The van der Waals surface area contributed by atoms with Gasteiger partial charge in [0.15, 0.2) is 0 Å². The molecule has 0 aliphatic carbocycles. The lowest BCUT2D eigenvalue weighted by atomic mass is 10.2. The highest BCUT2D eigenvalue weighted by atomic mass is 16.5. The number of amides is 1. The molecule has 1 heterocycles. The largest absolute Gasteiger partial charge is 0.489 e. The maximum Gasteiger partial charge on any atom is 0.241 e. The average Bonchev–Trinajstić information content (AvgIpc) is 2.92. The van der Waals surface area contributed by atoms with Gasteiger partial charge in [-0.05, 0) is 44.4 Å². The Morgan fingerprint density at radius 3 is 3.05 bits per heavy atom. The number of ether oxygens (including phenoxy) is 2. The topological polar surface area (TPSA) is 73.6 Å². The molecule has 1 aliphatic rings. The van der Waals surface area contributed by atoms with E-state index in [2.05, 4.69) is 5.32 Å². The number of hydrogen-bond donors (Lipinski definition) is 2. The Hall–Kier alpha value is -1.59. The molecule has 0 radical (unpaired) electrons. The lowest BCUT2D eigenvalue weighted by Crippen LogP contribution is -2.32. The van der Waals surface area contributed by atoms with E-state index in [0.717, 1.165) is 25.0 Å². The molecule has 0 spiro atoms. The normalized spacial score (nSPS) is 19.6. The van der Waals surface area contributed by atoms with Crippen LogP contribution in [0.1, 0.15) is 25.3 Å². The molecule has 1 aliphatic heterocycles. The maximum absolute atomic E-state index is 11.7. The van der Waals surface area contributed by atoms with Crippen LogP contribution in [0.5, 0.6) is 5.75 Å². The van der Waals surface area contributed by atoms with Gasteiger partial charge < -0.3 is 20.5 Å². The van der Waals surface area contributed by atoms with Crippen LogP contribution >= 0.6 is 0 Å². The first-order chi connectivity index (χ1) is 9.56. The van der Waals surface area contributed by atoms with E-state index in [9.17, 15) is 4.79 Å². The fourth-order valence-corrected chi connectivity index (χ4v) is 2.06. The van der Waals surface area contributed by atoms with Crippen LogP contribution in [0.2, 0.25) is 0 Å². The molecule has 5 heteroatoms. The first-order valence-corrected chi connectivity index (χ1v) is 6.98. The third-order valence-corrected chi connectivity index (χ3v) is 3.26. The van der Waals surface area contributed by atoms with Gasteiger partial charge in [0, 0.05) is 6.61 Å². The second-order valence-electron chi connectivity index (χ2n) is 5.22. The molecule has 5 nitrogen and oxygen atoms in total. The van der Waals surface area contributed by atoms with Crippen molar-refractivity contribution in [3.8, 4) is 5.75 Å². The van der Waals surface area contributed by atoms with E-state index in [1.165, 1.54) is 0 Å². The summed E-state index contributed by atoms with van der Waals surface area (Å²) in [7, 11) is 0. The minimum Gasteiger partial charge on any atom is -0.489 e. The lowest BCUT2D eigenvalue weighted by molar-refractivity contribution is -0.117. The van der Waals surface area contributed by atoms with Gasteiger partial charge in [0.1, 0.15) is 12.4 Å². The van der Waals surface area contributed by atoms with Crippen LogP contribution < -0.4 is 15.8 Å². The van der Waals surface area contributed by atoms with Crippen molar-refractivity contribution in [2.75, 3.05) is 18.5 Å². The summed E-state index contributed by atoms with van der Waals surface area (Å²) in [6.45, 7) is 4.94. The minimum atomic E-state index is -0.553. The summed E-state index contributed by atoms with van der Waals surface area (Å²) in [6.07, 6.45) is 2.25. The monoisotopic (exact) mass is 278 g/mol. The summed E-state index contributed by atoms with van der Waals surface area (Å²) in [5.41, 5.74) is 7.29. The van der Waals surface area contributed by atoms with Crippen LogP contribution in [0.15, 0.2) is 18.2 Å². The molecule has 2 rings (SSSR count). The zero-order valence-corrected chi connectivity index (χ0v) is 12.0. The number of rotatable bonds is 5. The van der Waals surface area contributed by atoms with E-state index in [0.29, 0.717) is 18.0 Å². The van der Waals surface area contributed by atoms with Crippen molar-refractivity contribution in [1.82, 2.24) is 0 Å². The molecular weight excluding hydrogens is 256 g/mol. The van der Waals surface area contributed by atoms with E-state index >= 15 is 0 Å². The number of benzene rings is 1. The van der Waals surface area contributed by atoms with Gasteiger partial charge in [-0.1, -0.05) is 6.07 Å². The Kier molecular flexibility index (Phi) is 4.98. The number of aryl methyl sites for hydroxylation is 1. The van der Waals surface area contributed by atoms with E-state index < -0.39 is 6.04 Å². The van der Waals surface area contributed by atoms with Gasteiger partial charge in [0.05, 0.1) is 17.8 Å². The number of carbonyl (C=O) groups excluding carboxylic acids is 1. The van der Waals surface area contributed by atoms with Gasteiger partial charge in [-0.2, -0.15) is 0 Å². The molecular formula is C15H22N2O3. The first kappa shape index (κ1) is 14.8. The molecule has 1 unspecified atom stereocenters. The zero-order chi connectivity index (χ0) is 14.5. The van der Waals surface area contributed by atoms with Crippen molar-refractivity contribution in [2.45, 2.75) is 38.8 Å². The summed E-state index contributed by atoms with van der Waals surface area (Å²) in [6, 6.07) is 5.12. The van der Waals surface area contributed by atoms with Gasteiger partial charge in [-0.15, -0.1) is 0 Å². The van der Waals surface area contributed by atoms with Crippen molar-refractivity contribution in [3.63, 3.8) is 0 Å². The fourth-order valence-electron chi connectivity index (χ4n) is 2.06. The number of nitrogens with two attached hydrogens (primary N) is 1.